The summed E-state index contributed by atoms with van der Waals surface area (Å²) in [4.78, 5) is 0. The number of methoxy groups -OCH3 is 2. The molecule has 0 heterocycles. The third-order valence-corrected chi connectivity index (χ3v) is 5.27. The molecule has 0 unspecified atom stereocenters. The van der Waals surface area contributed by atoms with Gasteiger partial charge in [0.1, 0.15) is 0 Å². The quantitative estimate of drug-likeness (QED) is 0.168. The number of hydrogen-bond acceptors (Lipinski definition) is 5. The Morgan fingerprint density at radius 2 is 0.681 bits per heavy atom. The molecule has 0 bridgehead atoms. The van der Waals surface area contributed by atoms with Crippen LogP contribution in [0.3, 0.4) is 0 Å². The zero-order valence-electron chi connectivity index (χ0n) is 24.2. The molecular weight excluding hydrogens is 794 g/mol. The first-order valence-corrected chi connectivity index (χ1v) is 12.3. The summed E-state index contributed by atoms with van der Waals surface area (Å²) in [5.41, 5.74) is -12.7. The van der Waals surface area contributed by atoms with Crippen molar-refractivity contribution in [2.45, 2.75) is 74.6 Å². The standard InChI is InChI=1S/C7H5.3C4H4F6O.C4H10O2.Mo/c1-7-5-3-2-4-6-7;3*1-2(11,3(5,6)7)4(8,9)10;1-5-3-4-6-2;/h2-6H;3*11H,1H3;3-4H2,1-2H3;. The van der Waals surface area contributed by atoms with Gasteiger partial charge in [-0.1, -0.05) is 0 Å². The summed E-state index contributed by atoms with van der Waals surface area (Å²) in [6.45, 7) is 0.361. The van der Waals surface area contributed by atoms with Crippen molar-refractivity contribution in [2.75, 3.05) is 27.4 Å². The van der Waals surface area contributed by atoms with E-state index in [1.165, 1.54) is 0 Å². The van der Waals surface area contributed by atoms with Gasteiger partial charge >= 0.3 is 96.3 Å². The van der Waals surface area contributed by atoms with E-state index in [0.29, 0.717) is 13.2 Å². The van der Waals surface area contributed by atoms with Gasteiger partial charge in [0.05, 0.1) is 13.2 Å². The number of aliphatic hydroxyl groups is 3. The molecule has 0 amide bonds. The number of ether oxygens (including phenoxy) is 2. The maximum atomic E-state index is 11.4. The number of benzene rings is 1. The van der Waals surface area contributed by atoms with Crippen molar-refractivity contribution >= 4 is 0 Å². The van der Waals surface area contributed by atoms with Crippen LogP contribution in [0.1, 0.15) is 26.3 Å². The molecule has 0 spiro atoms. The molecule has 0 atom stereocenters. The summed E-state index contributed by atoms with van der Waals surface area (Å²) in [5.74, 6) is 0. The van der Waals surface area contributed by atoms with Crippen molar-refractivity contribution in [3.8, 4) is 4.20 Å². The molecule has 47 heavy (non-hydrogen) atoms. The van der Waals surface area contributed by atoms with Gasteiger partial charge in [-0.3, -0.25) is 0 Å². The molecule has 0 aliphatic rings. The Bertz CT molecular complexity index is 880. The first-order chi connectivity index (χ1) is 20.3. The van der Waals surface area contributed by atoms with Crippen LogP contribution in [0.15, 0.2) is 30.3 Å². The van der Waals surface area contributed by atoms with Crippen LogP contribution in [0.2, 0.25) is 0 Å². The van der Waals surface area contributed by atoms with Crippen molar-refractivity contribution in [3.05, 3.63) is 35.9 Å². The second-order valence-corrected chi connectivity index (χ2v) is 9.16. The molecule has 1 rings (SSSR count). The molecule has 0 aromatic heterocycles. The molecule has 3 N–H and O–H groups in total. The predicted octanol–water partition coefficient (Wildman–Crippen LogP) is 7.41. The minimum absolute atomic E-state index is 0.340. The third-order valence-electron chi connectivity index (χ3n) is 4.70. The summed E-state index contributed by atoms with van der Waals surface area (Å²) < 4.78 is 217. The zero-order chi connectivity index (χ0) is 39.1. The van der Waals surface area contributed by atoms with Crippen LogP contribution in [0, 0.1) is 4.20 Å². The van der Waals surface area contributed by atoms with Gasteiger partial charge in [0.25, 0.3) is 16.8 Å². The van der Waals surface area contributed by atoms with Crippen molar-refractivity contribution < 1.29 is 123 Å². The fourth-order valence-electron chi connectivity index (χ4n) is 1.16. The zero-order valence-corrected chi connectivity index (χ0v) is 26.2. The Morgan fingerprint density at radius 1 is 0.489 bits per heavy atom. The summed E-state index contributed by atoms with van der Waals surface area (Å²) in [7, 11) is 3.30. The van der Waals surface area contributed by atoms with E-state index in [9.17, 15) is 79.0 Å². The van der Waals surface area contributed by atoms with Crippen molar-refractivity contribution in [1.82, 2.24) is 0 Å². The molecule has 0 fully saturated rings. The van der Waals surface area contributed by atoms with Gasteiger partial charge in [0.2, 0.25) is 0 Å². The van der Waals surface area contributed by atoms with E-state index in [1.54, 1.807) is 14.2 Å². The van der Waals surface area contributed by atoms with Crippen LogP contribution in [0.5, 0.6) is 0 Å². The van der Waals surface area contributed by atoms with E-state index in [2.05, 4.69) is 13.7 Å². The molecular formula is C23H27F18MoO5. The monoisotopic (exact) mass is 823 g/mol. The van der Waals surface area contributed by atoms with Crippen LogP contribution in [-0.2, 0) is 28.6 Å². The van der Waals surface area contributed by atoms with Gasteiger partial charge in [-0.2, -0.15) is 79.0 Å². The Hall–Kier alpha value is -1.77. The first kappa shape index (κ1) is 52.0. The summed E-state index contributed by atoms with van der Waals surface area (Å²) in [6, 6.07) is 10.1. The van der Waals surface area contributed by atoms with E-state index in [-0.39, 0.29) is 20.8 Å². The van der Waals surface area contributed by atoms with Gasteiger partial charge in [-0.25, -0.2) is 0 Å². The fourth-order valence-corrected chi connectivity index (χ4v) is 1.49. The van der Waals surface area contributed by atoms with E-state index in [0.717, 1.165) is 5.56 Å². The Labute approximate surface area is 265 Å². The Balaban J connectivity index is -0.000000249. The molecule has 0 aliphatic carbocycles. The molecule has 24 heteroatoms. The van der Waals surface area contributed by atoms with Crippen molar-refractivity contribution in [3.63, 3.8) is 0 Å². The molecule has 0 radical (unpaired) electrons. The summed E-state index contributed by atoms with van der Waals surface area (Å²) >= 11 is 1.85. The summed E-state index contributed by atoms with van der Waals surface area (Å²) in [5, 5.41) is 23.8. The minimum atomic E-state index is -5.69. The average molecular weight is 821 g/mol. The molecule has 0 saturated heterocycles. The number of alkyl halides is 18. The van der Waals surface area contributed by atoms with Crippen LogP contribution in [0.25, 0.3) is 0 Å². The van der Waals surface area contributed by atoms with Crippen LogP contribution < -0.4 is 0 Å². The third kappa shape index (κ3) is 18.5. The van der Waals surface area contributed by atoms with Gasteiger partial charge in [-0.15, -0.1) is 0 Å². The second-order valence-electron chi connectivity index (χ2n) is 8.66. The van der Waals surface area contributed by atoms with Crippen molar-refractivity contribution in [1.29, 1.82) is 0 Å². The van der Waals surface area contributed by atoms with Gasteiger partial charge in [-0.05, 0) is 20.8 Å². The predicted molar refractivity (Wildman–Crippen MR) is 121 cm³/mol. The van der Waals surface area contributed by atoms with Crippen molar-refractivity contribution in [2.24, 2.45) is 0 Å². The molecule has 1 aromatic rings. The van der Waals surface area contributed by atoms with Crippen LogP contribution in [-0.4, -0.2) is 96.6 Å². The second kappa shape index (κ2) is 19.4. The Morgan fingerprint density at radius 3 is 0.766 bits per heavy atom. The number of hydrogen-bond donors (Lipinski definition) is 3. The Kier molecular flexibility index (Phi) is 21.5. The fraction of sp³-hybridized carbons (Fsp3) is 0.696. The number of rotatable bonds is 3. The molecule has 5 nitrogen and oxygen atoms in total. The van der Waals surface area contributed by atoms with Gasteiger partial charge < -0.3 is 24.8 Å². The first-order valence-electron chi connectivity index (χ1n) is 11.3. The molecule has 0 saturated carbocycles. The van der Waals surface area contributed by atoms with Gasteiger partial charge in [0, 0.05) is 14.2 Å². The van der Waals surface area contributed by atoms with Gasteiger partial charge in [0.15, 0.2) is 0 Å². The normalized spacial score (nSPS) is 13.2. The van der Waals surface area contributed by atoms with Crippen LogP contribution in [0.4, 0.5) is 79.0 Å². The maximum absolute atomic E-state index is 11.4. The number of halogens is 18. The van der Waals surface area contributed by atoms with E-state index < -0.39 is 53.9 Å². The molecule has 1 aromatic carbocycles. The van der Waals surface area contributed by atoms with E-state index >= 15 is 0 Å². The molecule has 0 aliphatic heterocycles. The van der Waals surface area contributed by atoms with Crippen LogP contribution >= 0.6 is 0 Å². The topological polar surface area (TPSA) is 79.2 Å². The van der Waals surface area contributed by atoms with E-state index in [4.69, 9.17) is 15.3 Å². The van der Waals surface area contributed by atoms with E-state index in [1.807, 2.05) is 49.5 Å². The SMILES string of the molecule is CC(O)(C(F)(F)F)C(F)(F)F.CC(O)(C(F)(F)F)C(F)(F)F.CC(O)(C(F)(F)F)C(F)(F)F.COCCOC.[Mo]#[C]c1ccccc1. The summed E-state index contributed by atoms with van der Waals surface area (Å²) in [6.07, 6.45) is -34.1. The molecule has 281 valence electrons. The average Bonchev–Trinajstić information content (AvgIpc) is 2.85.